The van der Waals surface area contributed by atoms with Crippen molar-refractivity contribution in [1.82, 2.24) is 0 Å². The van der Waals surface area contributed by atoms with Crippen molar-refractivity contribution in [3.05, 3.63) is 35.9 Å². The second-order valence-corrected chi connectivity index (χ2v) is 2.73. The summed E-state index contributed by atoms with van der Waals surface area (Å²) >= 11 is 0. The Morgan fingerprint density at radius 1 is 1.46 bits per heavy atom. The molecule has 0 heterocycles. The van der Waals surface area contributed by atoms with E-state index >= 15 is 0 Å². The summed E-state index contributed by atoms with van der Waals surface area (Å²) in [6.07, 6.45) is -0.0777. The molecule has 1 aromatic carbocycles. The minimum atomic E-state index is -0.314. The van der Waals surface area contributed by atoms with Gasteiger partial charge in [0.05, 0.1) is 6.10 Å². The van der Waals surface area contributed by atoms with E-state index in [1.807, 2.05) is 19.9 Å². The number of benzene rings is 1. The molecule has 0 aromatic heterocycles. The Morgan fingerprint density at radius 3 is 2.62 bits per heavy atom. The fourth-order valence-corrected chi connectivity index (χ4v) is 0.798. The van der Waals surface area contributed by atoms with Crippen molar-refractivity contribution in [3.8, 4) is 0 Å². The second kappa shape index (κ2) is 5.85. The molecule has 0 aliphatic rings. The van der Waals surface area contributed by atoms with Crippen LogP contribution < -0.4 is 18.9 Å². The SMILES string of the molecule is CC(C)OC(=O)c1[c-]cccc1.[Li+]. The first-order valence-electron chi connectivity index (χ1n) is 3.88. The van der Waals surface area contributed by atoms with Crippen molar-refractivity contribution in [2.75, 3.05) is 0 Å². The van der Waals surface area contributed by atoms with Crippen LogP contribution in [0.3, 0.4) is 0 Å². The quantitative estimate of drug-likeness (QED) is 0.325. The molecule has 1 rings (SSSR count). The summed E-state index contributed by atoms with van der Waals surface area (Å²) < 4.78 is 4.97. The molecular formula is C10H11LiO2. The van der Waals surface area contributed by atoms with Gasteiger partial charge in [0.15, 0.2) is 0 Å². The first-order valence-corrected chi connectivity index (χ1v) is 3.88. The van der Waals surface area contributed by atoms with E-state index < -0.39 is 0 Å². The van der Waals surface area contributed by atoms with Crippen LogP contribution in [0.2, 0.25) is 0 Å². The zero-order valence-corrected chi connectivity index (χ0v) is 8.20. The molecule has 0 atom stereocenters. The maximum atomic E-state index is 11.2. The zero-order chi connectivity index (χ0) is 8.97. The van der Waals surface area contributed by atoms with Gasteiger partial charge in [-0.05, 0) is 13.8 Å². The van der Waals surface area contributed by atoms with E-state index in [1.54, 1.807) is 18.2 Å². The van der Waals surface area contributed by atoms with Gasteiger partial charge in [0.2, 0.25) is 5.97 Å². The Bertz CT molecular complexity index is 257. The molecule has 0 bridgehead atoms. The number of carbonyl (C=O) groups excluding carboxylic acids is 1. The van der Waals surface area contributed by atoms with Crippen molar-refractivity contribution in [1.29, 1.82) is 0 Å². The third-order valence-electron chi connectivity index (χ3n) is 1.27. The van der Waals surface area contributed by atoms with Crippen LogP contribution >= 0.6 is 0 Å². The van der Waals surface area contributed by atoms with Gasteiger partial charge in [-0.3, -0.25) is 0 Å². The van der Waals surface area contributed by atoms with Crippen LogP contribution in [0, 0.1) is 6.07 Å². The topological polar surface area (TPSA) is 26.3 Å². The number of carbonyl (C=O) groups is 1. The molecule has 0 fully saturated rings. The summed E-state index contributed by atoms with van der Waals surface area (Å²) in [6, 6.07) is 9.77. The third-order valence-corrected chi connectivity index (χ3v) is 1.27. The largest absolute Gasteiger partial charge is 1.00 e. The smallest absolute Gasteiger partial charge is 0.503 e. The van der Waals surface area contributed by atoms with E-state index in [-0.39, 0.29) is 30.9 Å². The maximum absolute atomic E-state index is 11.2. The Morgan fingerprint density at radius 2 is 2.15 bits per heavy atom. The van der Waals surface area contributed by atoms with Crippen molar-refractivity contribution in [2.24, 2.45) is 0 Å². The average Bonchev–Trinajstić information content (AvgIpc) is 2.05. The summed E-state index contributed by atoms with van der Waals surface area (Å²) in [4.78, 5) is 11.2. The standard InChI is InChI=1S/C10H11O2.Li/c1-8(2)12-10(11)9-6-4-3-5-7-9;/h3-6,8H,1-2H3;/q-1;+1. The summed E-state index contributed by atoms with van der Waals surface area (Å²) in [5.41, 5.74) is 0.478. The minimum Gasteiger partial charge on any atom is -0.503 e. The summed E-state index contributed by atoms with van der Waals surface area (Å²) in [5.74, 6) is -0.314. The van der Waals surface area contributed by atoms with E-state index in [4.69, 9.17) is 4.74 Å². The summed E-state index contributed by atoms with van der Waals surface area (Å²) in [6.45, 7) is 3.64. The predicted octanol–water partition coefficient (Wildman–Crippen LogP) is -0.944. The first kappa shape index (κ1) is 12.3. The average molecular weight is 170 g/mol. The molecule has 0 aliphatic heterocycles. The number of hydrogen-bond acceptors (Lipinski definition) is 2. The zero-order valence-electron chi connectivity index (χ0n) is 8.20. The number of esters is 1. The van der Waals surface area contributed by atoms with Crippen molar-refractivity contribution < 1.29 is 28.4 Å². The van der Waals surface area contributed by atoms with Crippen LogP contribution in [-0.4, -0.2) is 12.1 Å². The normalized spacial score (nSPS) is 9.15. The van der Waals surface area contributed by atoms with Crippen molar-refractivity contribution in [3.63, 3.8) is 0 Å². The van der Waals surface area contributed by atoms with Crippen LogP contribution in [0.4, 0.5) is 0 Å². The second-order valence-electron chi connectivity index (χ2n) is 2.73. The molecule has 0 radical (unpaired) electrons. The van der Waals surface area contributed by atoms with E-state index in [0.717, 1.165) is 0 Å². The number of ether oxygens (including phenoxy) is 1. The van der Waals surface area contributed by atoms with E-state index in [2.05, 4.69) is 6.07 Å². The molecule has 2 nitrogen and oxygen atoms in total. The van der Waals surface area contributed by atoms with E-state index in [1.165, 1.54) is 0 Å². The third kappa shape index (κ3) is 4.17. The molecular weight excluding hydrogens is 159 g/mol. The molecule has 0 saturated carbocycles. The molecule has 1 aromatic rings. The minimum absolute atomic E-state index is 0. The van der Waals surface area contributed by atoms with Gasteiger partial charge in [0.1, 0.15) is 0 Å². The Kier molecular flexibility index (Phi) is 5.53. The Balaban J connectivity index is 0.00000144. The fourth-order valence-electron chi connectivity index (χ4n) is 0.798. The maximum Gasteiger partial charge on any atom is 1.00 e. The van der Waals surface area contributed by atoms with Gasteiger partial charge < -0.3 is 9.53 Å². The Hall–Kier alpha value is -0.713. The molecule has 0 N–H and O–H groups in total. The molecule has 3 heteroatoms. The van der Waals surface area contributed by atoms with E-state index in [9.17, 15) is 4.79 Å². The van der Waals surface area contributed by atoms with Crippen LogP contribution in [0.15, 0.2) is 24.3 Å². The summed E-state index contributed by atoms with van der Waals surface area (Å²) in [5, 5.41) is 0. The molecule has 0 amide bonds. The monoisotopic (exact) mass is 170 g/mol. The Labute approximate surface area is 90.5 Å². The molecule has 0 aliphatic carbocycles. The fraction of sp³-hybridized carbons (Fsp3) is 0.300. The van der Waals surface area contributed by atoms with Crippen molar-refractivity contribution in [2.45, 2.75) is 20.0 Å². The van der Waals surface area contributed by atoms with Crippen LogP contribution in [0.5, 0.6) is 0 Å². The van der Waals surface area contributed by atoms with Gasteiger partial charge in [0.25, 0.3) is 0 Å². The molecule has 0 spiro atoms. The van der Waals surface area contributed by atoms with Gasteiger partial charge in [-0.25, -0.2) is 0 Å². The molecule has 0 saturated heterocycles. The van der Waals surface area contributed by atoms with Gasteiger partial charge in [-0.1, -0.05) is 5.56 Å². The van der Waals surface area contributed by atoms with Crippen molar-refractivity contribution >= 4 is 5.97 Å². The van der Waals surface area contributed by atoms with E-state index in [0.29, 0.717) is 5.56 Å². The van der Waals surface area contributed by atoms with Gasteiger partial charge in [-0.2, -0.15) is 0 Å². The summed E-state index contributed by atoms with van der Waals surface area (Å²) in [7, 11) is 0. The van der Waals surface area contributed by atoms with Gasteiger partial charge >= 0.3 is 18.9 Å². The number of hydrogen-bond donors (Lipinski definition) is 0. The van der Waals surface area contributed by atoms with Crippen LogP contribution in [0.1, 0.15) is 24.2 Å². The van der Waals surface area contributed by atoms with Gasteiger partial charge in [-0.15, -0.1) is 30.3 Å². The van der Waals surface area contributed by atoms with Gasteiger partial charge in [0, 0.05) is 0 Å². The molecule has 0 unspecified atom stereocenters. The number of rotatable bonds is 2. The van der Waals surface area contributed by atoms with Crippen LogP contribution in [-0.2, 0) is 4.74 Å². The predicted molar refractivity (Wildman–Crippen MR) is 45.8 cm³/mol. The molecule has 64 valence electrons. The van der Waals surface area contributed by atoms with Crippen LogP contribution in [0.25, 0.3) is 0 Å². The molecule has 13 heavy (non-hydrogen) atoms. The first-order chi connectivity index (χ1) is 5.70.